The number of aryl methyl sites for hydroxylation is 1. The second-order valence-corrected chi connectivity index (χ2v) is 8.22. The monoisotopic (exact) mass is 369 g/mol. The molecule has 140 valence electrons. The fourth-order valence-electron chi connectivity index (χ4n) is 4.37. The van der Waals surface area contributed by atoms with E-state index in [2.05, 4.69) is 61.6 Å². The van der Waals surface area contributed by atoms with E-state index in [9.17, 15) is 4.79 Å². The van der Waals surface area contributed by atoms with Crippen LogP contribution in [0.2, 0.25) is 0 Å². The number of hydrogen-bond donors (Lipinski definition) is 1. The third kappa shape index (κ3) is 2.70. The van der Waals surface area contributed by atoms with Gasteiger partial charge in [-0.2, -0.15) is 0 Å². The lowest BCUT2D eigenvalue weighted by molar-refractivity contribution is 0.526. The molecule has 2 aliphatic carbocycles. The van der Waals surface area contributed by atoms with Gasteiger partial charge in [0.05, 0.1) is 0 Å². The summed E-state index contributed by atoms with van der Waals surface area (Å²) in [6.07, 6.45) is 7.48. The van der Waals surface area contributed by atoms with Crippen molar-refractivity contribution in [1.29, 1.82) is 0 Å². The number of para-hydroxylation sites is 1. The van der Waals surface area contributed by atoms with E-state index < -0.39 is 0 Å². The first-order valence-corrected chi connectivity index (χ1v) is 9.87. The Balaban J connectivity index is 1.57. The molecule has 0 fully saturated rings. The maximum absolute atomic E-state index is 11.7. The fourth-order valence-corrected chi connectivity index (χ4v) is 4.37. The number of anilines is 1. The van der Waals surface area contributed by atoms with E-state index in [0.29, 0.717) is 5.76 Å². The van der Waals surface area contributed by atoms with Gasteiger partial charge < -0.3 is 9.73 Å². The molecule has 3 heteroatoms. The molecule has 0 unspecified atom stereocenters. The Morgan fingerprint density at radius 2 is 1.89 bits per heavy atom. The molecule has 0 saturated carbocycles. The first-order chi connectivity index (χ1) is 13.5. The third-order valence-corrected chi connectivity index (χ3v) is 6.00. The highest BCUT2D eigenvalue weighted by Gasteiger charge is 2.34. The molecule has 2 aliphatic heterocycles. The molecule has 0 amide bonds. The number of nitrogens with one attached hydrogen (secondary N) is 1. The van der Waals surface area contributed by atoms with Crippen LogP contribution in [0.1, 0.15) is 43.6 Å². The zero-order valence-electron chi connectivity index (χ0n) is 16.2. The van der Waals surface area contributed by atoms with Crippen LogP contribution >= 0.6 is 0 Å². The zero-order chi connectivity index (χ0) is 19.3. The van der Waals surface area contributed by atoms with Crippen molar-refractivity contribution < 1.29 is 4.42 Å². The molecule has 0 bridgehead atoms. The van der Waals surface area contributed by atoms with Crippen molar-refractivity contribution >= 4 is 11.3 Å². The molecule has 1 N–H and O–H groups in total. The Morgan fingerprint density at radius 3 is 2.75 bits per heavy atom. The second kappa shape index (κ2) is 6.23. The van der Waals surface area contributed by atoms with Crippen molar-refractivity contribution in [2.75, 3.05) is 5.32 Å². The van der Waals surface area contributed by atoms with Gasteiger partial charge in [-0.15, -0.1) is 0 Å². The molecular weight excluding hydrogens is 346 g/mol. The van der Waals surface area contributed by atoms with E-state index in [1.807, 2.05) is 6.07 Å². The van der Waals surface area contributed by atoms with Gasteiger partial charge >= 0.3 is 0 Å². The minimum Gasteiger partial charge on any atom is -0.456 e. The molecule has 0 saturated heterocycles. The van der Waals surface area contributed by atoms with Gasteiger partial charge in [0.1, 0.15) is 11.5 Å². The van der Waals surface area contributed by atoms with Gasteiger partial charge in [-0.05, 0) is 66.3 Å². The van der Waals surface area contributed by atoms with E-state index >= 15 is 0 Å². The highest BCUT2D eigenvalue weighted by atomic mass is 16.3. The molecule has 5 rings (SSSR count). The number of rotatable bonds is 1. The molecule has 4 aliphatic rings. The van der Waals surface area contributed by atoms with Gasteiger partial charge in [0.2, 0.25) is 0 Å². The average Bonchev–Trinajstić information content (AvgIpc) is 2.95. The van der Waals surface area contributed by atoms with E-state index in [-0.39, 0.29) is 10.8 Å². The van der Waals surface area contributed by atoms with Crippen LogP contribution in [0.4, 0.5) is 5.69 Å². The van der Waals surface area contributed by atoms with Crippen LogP contribution in [0.25, 0.3) is 16.9 Å². The smallest absolute Gasteiger partial charge is 0.182 e. The number of benzene rings is 2. The molecule has 0 spiro atoms. The molecule has 3 nitrogen and oxygen atoms in total. The lowest BCUT2D eigenvalue weighted by atomic mass is 9.83. The molecule has 0 atom stereocenters. The summed E-state index contributed by atoms with van der Waals surface area (Å²) in [6.45, 7) is 4.50. The highest BCUT2D eigenvalue weighted by Crippen LogP contribution is 2.43. The van der Waals surface area contributed by atoms with Gasteiger partial charge in [0, 0.05) is 28.4 Å². The Bertz CT molecular complexity index is 1160. The maximum Gasteiger partial charge on any atom is 0.182 e. The van der Waals surface area contributed by atoms with Crippen LogP contribution in [-0.2, 0) is 11.8 Å². The molecule has 0 radical (unpaired) electrons. The van der Waals surface area contributed by atoms with Crippen molar-refractivity contribution in [3.05, 3.63) is 93.5 Å². The predicted octanol–water partition coefficient (Wildman–Crippen LogP) is 5.75. The third-order valence-electron chi connectivity index (χ3n) is 6.00. The molecule has 1 aromatic rings. The topological polar surface area (TPSA) is 42.2 Å². The van der Waals surface area contributed by atoms with Gasteiger partial charge in [-0.1, -0.05) is 38.1 Å². The van der Waals surface area contributed by atoms with Gasteiger partial charge in [-0.3, -0.25) is 4.79 Å². The van der Waals surface area contributed by atoms with Crippen molar-refractivity contribution in [1.82, 2.24) is 0 Å². The Hall–Kier alpha value is -3.07. The standard InChI is InChI=1S/C25H23NO2/c1-25(2)20-8-3-4-9-21(20)26-23(25)13-11-16-6-5-7-18-14-17-10-12-19(27)15-22(17)28-24(16)18/h3-4,8-15,26H,5-7H2,1-2H3/b16-11+,23-13-. The summed E-state index contributed by atoms with van der Waals surface area (Å²) < 4.78 is 6.19. The molecule has 0 aromatic heterocycles. The largest absolute Gasteiger partial charge is 0.456 e. The summed E-state index contributed by atoms with van der Waals surface area (Å²) in [7, 11) is 0. The number of hydrogen-bond acceptors (Lipinski definition) is 3. The van der Waals surface area contributed by atoms with Crippen LogP contribution in [0.5, 0.6) is 0 Å². The minimum absolute atomic E-state index is 0.0191. The quantitative estimate of drug-likeness (QED) is 0.594. The SMILES string of the molecule is CC1(C)/C(=C/C=C2\CCCc3cc4ccc(=O)cc-4oc32)Nc2ccccc21. The van der Waals surface area contributed by atoms with E-state index in [4.69, 9.17) is 4.42 Å². The summed E-state index contributed by atoms with van der Waals surface area (Å²) in [5.74, 6) is 1.59. The first-order valence-electron chi connectivity index (χ1n) is 9.87. The maximum atomic E-state index is 11.7. The Labute approximate surface area is 164 Å². The van der Waals surface area contributed by atoms with Gasteiger partial charge in [0.15, 0.2) is 5.43 Å². The number of fused-ring (bicyclic) bond motifs is 3. The van der Waals surface area contributed by atoms with Crippen molar-refractivity contribution in [3.8, 4) is 11.3 Å². The zero-order valence-corrected chi connectivity index (χ0v) is 16.2. The predicted molar refractivity (Wildman–Crippen MR) is 114 cm³/mol. The molecule has 1 aromatic carbocycles. The minimum atomic E-state index is -0.0524. The van der Waals surface area contributed by atoms with Gasteiger partial charge in [-0.25, -0.2) is 0 Å². The van der Waals surface area contributed by atoms with Gasteiger partial charge in [0.25, 0.3) is 0 Å². The van der Waals surface area contributed by atoms with Crippen molar-refractivity contribution in [3.63, 3.8) is 0 Å². The van der Waals surface area contributed by atoms with Crippen LogP contribution in [-0.4, -0.2) is 0 Å². The van der Waals surface area contributed by atoms with Crippen molar-refractivity contribution in [2.24, 2.45) is 0 Å². The first kappa shape index (κ1) is 17.1. The van der Waals surface area contributed by atoms with Crippen molar-refractivity contribution in [2.45, 2.75) is 38.5 Å². The highest BCUT2D eigenvalue weighted by molar-refractivity contribution is 5.73. The van der Waals surface area contributed by atoms with E-state index in [0.717, 1.165) is 30.6 Å². The lowest BCUT2D eigenvalue weighted by Crippen LogP contribution is -2.17. The number of allylic oxidation sites excluding steroid dienone is 4. The summed E-state index contributed by atoms with van der Waals surface area (Å²) in [5, 5.41) is 3.57. The molecular formula is C25H23NO2. The summed E-state index contributed by atoms with van der Waals surface area (Å²) in [4.78, 5) is 11.7. The summed E-state index contributed by atoms with van der Waals surface area (Å²) in [5.41, 5.74) is 7.03. The van der Waals surface area contributed by atoms with Crippen LogP contribution in [0.3, 0.4) is 0 Å². The van der Waals surface area contributed by atoms with E-state index in [1.54, 1.807) is 12.1 Å². The fraction of sp³-hybridized carbons (Fsp3) is 0.240. The molecule has 28 heavy (non-hydrogen) atoms. The Morgan fingerprint density at radius 1 is 1.04 bits per heavy atom. The van der Waals surface area contributed by atoms with Crippen LogP contribution in [0, 0.1) is 0 Å². The summed E-state index contributed by atoms with van der Waals surface area (Å²) >= 11 is 0. The summed E-state index contributed by atoms with van der Waals surface area (Å²) in [6, 6.07) is 15.7. The van der Waals surface area contributed by atoms with Crippen LogP contribution in [0.15, 0.2) is 75.6 Å². The second-order valence-electron chi connectivity index (χ2n) is 8.22. The van der Waals surface area contributed by atoms with Crippen LogP contribution < -0.4 is 10.7 Å². The normalized spacial score (nSPS) is 20.2. The Kier molecular flexibility index (Phi) is 3.80. The lowest BCUT2D eigenvalue weighted by Gasteiger charge is -2.21. The molecule has 2 heterocycles. The average molecular weight is 369 g/mol. The van der Waals surface area contributed by atoms with E-state index in [1.165, 1.54) is 28.1 Å².